The molecule has 0 bridgehead atoms. The van der Waals surface area contributed by atoms with Gasteiger partial charge in [-0.2, -0.15) is 0 Å². The van der Waals surface area contributed by atoms with Crippen molar-refractivity contribution in [3.63, 3.8) is 0 Å². The lowest BCUT2D eigenvalue weighted by atomic mass is 9.94. The summed E-state index contributed by atoms with van der Waals surface area (Å²) in [5, 5.41) is 2.66. The Morgan fingerprint density at radius 2 is 1.28 bits per heavy atom. The zero-order chi connectivity index (χ0) is 50.7. The molecule has 13 nitrogen and oxygen atoms in total. The second-order valence-corrected chi connectivity index (χ2v) is 22.2. The summed E-state index contributed by atoms with van der Waals surface area (Å²) < 4.78 is 72.0. The van der Waals surface area contributed by atoms with E-state index in [2.05, 4.69) is 34.3 Å². The van der Waals surface area contributed by atoms with Crippen molar-refractivity contribution >= 4 is 62.7 Å². The highest BCUT2D eigenvalue weighted by atomic mass is 32.1. The van der Waals surface area contributed by atoms with Gasteiger partial charge in [-0.3, -0.25) is 9.59 Å². The highest BCUT2D eigenvalue weighted by molar-refractivity contribution is 7.12. The van der Waals surface area contributed by atoms with Crippen LogP contribution in [0.5, 0.6) is 0 Å². The van der Waals surface area contributed by atoms with Crippen molar-refractivity contribution < 1.29 is 36.7 Å². The predicted octanol–water partition coefficient (Wildman–Crippen LogP) is 11.6. The standard InChI is InChI=1S/C54H63F4N9O4S/c1-28(2)21-48(68)65-17-7-9-45(65)51-59-39-24-33(35(55)26-41(39)61-51)43-12-13-44(67(43)32-22-37(57)50(38(58)23-32)64-19-15-31(16-20-64)47-14-11-30(5)72-47)34-25-40-42(27-36(34)56)62-52(60-40)46-10-8-18-66(46)53(69)49(29(3)4)63-54(70)71-6/h11,14,22-29,31,43-46,49H,7-10,12-13,15-21H2,1-6H3,(H,59,61)(H,60,62)(H,63,70)/t43-,44-,45+,46+,49+/m1/s1. The van der Waals surface area contributed by atoms with E-state index in [9.17, 15) is 14.4 Å². The Morgan fingerprint density at radius 1 is 0.722 bits per heavy atom. The normalized spacial score (nSPS) is 21.3. The van der Waals surface area contributed by atoms with Crippen LogP contribution < -0.4 is 15.1 Å². The van der Waals surface area contributed by atoms with E-state index < -0.39 is 53.5 Å². The third kappa shape index (κ3) is 9.39. The number of rotatable bonds is 12. The number of thiophene rings is 1. The Morgan fingerprint density at radius 3 is 1.79 bits per heavy atom. The Labute approximate surface area is 420 Å². The summed E-state index contributed by atoms with van der Waals surface area (Å²) in [4.78, 5) is 65.2. The minimum atomic E-state index is -0.840. The van der Waals surface area contributed by atoms with Gasteiger partial charge in [-0.05, 0) is 112 Å². The third-order valence-corrected chi connectivity index (χ3v) is 16.5. The summed E-state index contributed by atoms with van der Waals surface area (Å²) >= 11 is 1.75. The minimum absolute atomic E-state index is 0.0491. The van der Waals surface area contributed by atoms with Gasteiger partial charge in [0.05, 0.1) is 53.3 Å². The number of H-pyrrole nitrogens is 2. The number of aryl methyl sites for hydroxylation is 1. The molecule has 4 aliphatic heterocycles. The van der Waals surface area contributed by atoms with Gasteiger partial charge in [-0.25, -0.2) is 32.3 Å². The molecule has 4 fully saturated rings. The molecule has 18 heteroatoms. The largest absolute Gasteiger partial charge is 0.453 e. The van der Waals surface area contributed by atoms with Crippen LogP contribution in [-0.4, -0.2) is 87.0 Å². The Balaban J connectivity index is 0.998. The fourth-order valence-corrected chi connectivity index (χ4v) is 12.9. The fourth-order valence-electron chi connectivity index (χ4n) is 11.8. The quantitative estimate of drug-likeness (QED) is 0.103. The van der Waals surface area contributed by atoms with Crippen LogP contribution in [0.3, 0.4) is 0 Å². The molecule has 3 aromatic heterocycles. The van der Waals surface area contributed by atoms with Crippen molar-refractivity contribution in [2.24, 2.45) is 11.8 Å². The van der Waals surface area contributed by atoms with Crippen LogP contribution in [0.2, 0.25) is 0 Å². The fraction of sp³-hybridized carbons (Fsp3) is 0.500. The SMILES string of the molecule is COC(=O)N[C@H](C(=O)N1CCC[C@H]1c1nc2cc(F)c([C@H]3CC[C@H](c4cc5[nH]c([C@@H]6CCCN6C(=O)CC(C)C)nc5cc4F)N3c3cc(F)c(N4CCC(c5ccc(C)s5)CC4)c(F)c3)cc2[nH]1)C(C)C. The second-order valence-electron chi connectivity index (χ2n) is 20.9. The number of imidazole rings is 2. The number of anilines is 2. The number of piperidine rings is 1. The first kappa shape index (κ1) is 49.4. The number of nitrogens with zero attached hydrogens (tertiary/aromatic N) is 6. The molecule has 10 rings (SSSR count). The second kappa shape index (κ2) is 20.0. The smallest absolute Gasteiger partial charge is 0.407 e. The van der Waals surface area contributed by atoms with Crippen LogP contribution >= 0.6 is 11.3 Å². The molecule has 0 saturated carbocycles. The summed E-state index contributed by atoms with van der Waals surface area (Å²) in [5.74, 6) is -1.61. The van der Waals surface area contributed by atoms with E-state index in [1.807, 2.05) is 32.6 Å². The van der Waals surface area contributed by atoms with Gasteiger partial charge in [0.25, 0.3) is 0 Å². The predicted molar refractivity (Wildman–Crippen MR) is 270 cm³/mol. The molecule has 4 aliphatic rings. The van der Waals surface area contributed by atoms with Gasteiger partial charge in [-0.1, -0.05) is 27.7 Å². The van der Waals surface area contributed by atoms with Gasteiger partial charge < -0.3 is 39.6 Å². The average molecular weight is 1010 g/mol. The zero-order valence-electron chi connectivity index (χ0n) is 41.7. The highest BCUT2D eigenvalue weighted by Gasteiger charge is 2.42. The number of ether oxygens (including phenoxy) is 1. The number of carbonyl (C=O) groups excluding carboxylic acids is 3. The molecule has 382 valence electrons. The first-order valence-corrected chi connectivity index (χ1v) is 26.3. The number of benzene rings is 3. The van der Waals surface area contributed by atoms with Gasteiger partial charge in [0.15, 0.2) is 11.6 Å². The number of hydrogen-bond donors (Lipinski definition) is 3. The number of amides is 3. The zero-order valence-corrected chi connectivity index (χ0v) is 42.5. The van der Waals surface area contributed by atoms with Crippen molar-refractivity contribution in [3.8, 4) is 0 Å². The molecule has 3 amide bonds. The molecule has 0 spiro atoms. The van der Waals surface area contributed by atoms with Gasteiger partial charge in [0.2, 0.25) is 11.8 Å². The molecule has 7 heterocycles. The maximum Gasteiger partial charge on any atom is 0.407 e. The average Bonchev–Trinajstić information content (AvgIpc) is 4.21. The summed E-state index contributed by atoms with van der Waals surface area (Å²) in [7, 11) is 1.24. The summed E-state index contributed by atoms with van der Waals surface area (Å²) in [6, 6.07) is 9.69. The summed E-state index contributed by atoms with van der Waals surface area (Å²) in [5.41, 5.74) is 2.29. The van der Waals surface area contributed by atoms with Crippen molar-refractivity contribution in [1.82, 2.24) is 35.1 Å². The number of nitrogens with one attached hydrogen (secondary N) is 3. The highest BCUT2D eigenvalue weighted by Crippen LogP contribution is 2.50. The molecule has 4 saturated heterocycles. The number of aromatic amines is 2. The summed E-state index contributed by atoms with van der Waals surface area (Å²) in [6.45, 7) is 11.7. The van der Waals surface area contributed by atoms with Crippen LogP contribution in [0.15, 0.2) is 48.5 Å². The first-order valence-electron chi connectivity index (χ1n) is 25.5. The van der Waals surface area contributed by atoms with Crippen LogP contribution in [0, 0.1) is 42.0 Å². The van der Waals surface area contributed by atoms with E-state index >= 15 is 17.6 Å². The van der Waals surface area contributed by atoms with Crippen molar-refractivity contribution in [2.45, 2.75) is 129 Å². The van der Waals surface area contributed by atoms with Crippen LogP contribution in [-0.2, 0) is 14.3 Å². The molecule has 72 heavy (non-hydrogen) atoms. The number of likely N-dealkylation sites (tertiary alicyclic amines) is 2. The van der Waals surface area contributed by atoms with Gasteiger partial charge >= 0.3 is 6.09 Å². The lowest BCUT2D eigenvalue weighted by Gasteiger charge is -2.36. The van der Waals surface area contributed by atoms with Crippen LogP contribution in [0.1, 0.15) is 148 Å². The Kier molecular flexibility index (Phi) is 13.7. The lowest BCUT2D eigenvalue weighted by molar-refractivity contribution is -0.135. The number of methoxy groups -OCH3 is 1. The Bertz CT molecular complexity index is 2990. The minimum Gasteiger partial charge on any atom is -0.453 e. The summed E-state index contributed by atoms with van der Waals surface area (Å²) in [6.07, 6.45) is 4.63. The topological polar surface area (TPSA) is 143 Å². The lowest BCUT2D eigenvalue weighted by Crippen LogP contribution is -2.51. The third-order valence-electron chi connectivity index (χ3n) is 15.3. The van der Waals surface area contributed by atoms with E-state index in [1.54, 1.807) is 38.2 Å². The molecule has 0 radical (unpaired) electrons. The molecule has 3 aromatic carbocycles. The molecule has 3 N–H and O–H groups in total. The van der Waals surface area contributed by atoms with Gasteiger partial charge in [-0.15, -0.1) is 11.3 Å². The van der Waals surface area contributed by atoms with E-state index in [0.29, 0.717) is 104 Å². The van der Waals surface area contributed by atoms with E-state index in [1.165, 1.54) is 41.1 Å². The Hall–Kier alpha value is -6.17. The van der Waals surface area contributed by atoms with Crippen LogP contribution in [0.4, 0.5) is 33.7 Å². The maximum absolute atomic E-state index is 16.9. The van der Waals surface area contributed by atoms with Crippen molar-refractivity contribution in [3.05, 3.63) is 104 Å². The van der Waals surface area contributed by atoms with Crippen molar-refractivity contribution in [1.29, 1.82) is 0 Å². The molecule has 6 aromatic rings. The number of fused-ring (bicyclic) bond motifs is 2. The molecule has 5 atom stereocenters. The monoisotopic (exact) mass is 1010 g/mol. The van der Waals surface area contributed by atoms with E-state index in [-0.39, 0.29) is 52.2 Å². The van der Waals surface area contributed by atoms with Crippen molar-refractivity contribution in [2.75, 3.05) is 43.1 Å². The number of alkyl carbamates (subject to hydrolysis) is 1. The van der Waals surface area contributed by atoms with Gasteiger partial charge in [0, 0.05) is 71.3 Å². The first-order chi connectivity index (χ1) is 34.6. The number of aromatic nitrogens is 4. The molecular weight excluding hydrogens is 947 g/mol. The number of carbonyl (C=O) groups is 3. The van der Waals surface area contributed by atoms with E-state index in [0.717, 1.165) is 19.3 Å². The molecule has 0 unspecified atom stereocenters. The number of halogens is 4. The van der Waals surface area contributed by atoms with Gasteiger partial charge in [0.1, 0.15) is 35.0 Å². The maximum atomic E-state index is 16.9. The van der Waals surface area contributed by atoms with E-state index in [4.69, 9.17) is 14.7 Å². The van der Waals surface area contributed by atoms with Crippen LogP contribution in [0.25, 0.3) is 22.1 Å². The molecule has 0 aliphatic carbocycles. The number of hydrogen-bond acceptors (Lipinski definition) is 9. The molecular formula is C54H63F4N9O4S.